The minimum Gasteiger partial charge on any atom is -0.490 e. The van der Waals surface area contributed by atoms with E-state index >= 15 is 0 Å². The maximum atomic E-state index is 13.5. The van der Waals surface area contributed by atoms with Crippen LogP contribution in [-0.4, -0.2) is 77.0 Å². The van der Waals surface area contributed by atoms with Gasteiger partial charge in [0, 0.05) is 48.7 Å². The first kappa shape index (κ1) is 32.9. The highest BCUT2D eigenvalue weighted by molar-refractivity contribution is 7.90. The number of hydrogen-bond donors (Lipinski definition) is 1. The molecule has 1 saturated heterocycles. The Bertz CT molecular complexity index is 1630. The van der Waals surface area contributed by atoms with E-state index < -0.39 is 21.2 Å². The van der Waals surface area contributed by atoms with Crippen molar-refractivity contribution in [3.8, 4) is 5.75 Å². The lowest BCUT2D eigenvalue weighted by atomic mass is 9.65. The molecule has 3 aliphatic heterocycles. The number of rotatable bonds is 2. The number of allylic oxidation sites excluding steroid dienone is 1. The number of carbonyl (C=O) groups is 1. The number of amides is 1. The highest BCUT2D eigenvalue weighted by atomic mass is 35.5. The van der Waals surface area contributed by atoms with Crippen molar-refractivity contribution in [2.24, 2.45) is 23.7 Å². The highest BCUT2D eigenvalue weighted by Crippen LogP contribution is 2.47. The fourth-order valence-corrected chi connectivity index (χ4v) is 10.1. The highest BCUT2D eigenvalue weighted by Gasteiger charge is 2.44. The van der Waals surface area contributed by atoms with E-state index in [1.54, 1.807) is 13.0 Å². The first-order valence-corrected chi connectivity index (χ1v) is 19.4. The van der Waals surface area contributed by atoms with Gasteiger partial charge in [-0.3, -0.25) is 9.69 Å². The third-order valence-corrected chi connectivity index (χ3v) is 13.9. The first-order chi connectivity index (χ1) is 22.6. The Hall–Kier alpha value is -2.59. The van der Waals surface area contributed by atoms with Gasteiger partial charge in [0.15, 0.2) is 0 Å². The lowest BCUT2D eigenvalue weighted by molar-refractivity contribution is 0.0190. The van der Waals surface area contributed by atoms with Crippen molar-refractivity contribution in [3.05, 3.63) is 70.3 Å². The molecule has 5 aliphatic rings. The van der Waals surface area contributed by atoms with E-state index in [1.807, 2.05) is 25.1 Å². The standard InChI is InChI=1S/C37H48ClN3O5S/c1-25-5-3-6-29(21-40-15-17-45-18-16-40)32-11-8-30(32)22-41-23-37(14-4-7-27-19-31(38)10-12-33(27)37)24-46-35-13-9-28(20-34(35)41)36(42)39-47(43,44)26(25)2/h3,6,9-10,12-13,19-20,25-26,29-30,32H,4-5,7-8,11,14-18,21-24H2,1-2H3,(H,39,42)/b6-3-/t25-,26+,29+,30-,32-,37-/m0/s1. The molecule has 2 bridgehead atoms. The van der Waals surface area contributed by atoms with Crippen molar-refractivity contribution < 1.29 is 22.7 Å². The quantitative estimate of drug-likeness (QED) is 0.399. The SMILES string of the molecule is C[C@@H]1[C@@H](C)C/C=C\[C@H](CN2CCOCC2)[C@@H]2CC[C@H]2CN2C[C@@]3(CCCc4cc(Cl)ccc43)COc3ccc(cc32)C(=O)NS1(=O)=O. The molecule has 254 valence electrons. The molecule has 2 aliphatic carbocycles. The molecule has 0 unspecified atom stereocenters. The van der Waals surface area contributed by atoms with Crippen LogP contribution in [0.15, 0.2) is 48.6 Å². The van der Waals surface area contributed by atoms with Crippen molar-refractivity contribution in [2.75, 3.05) is 57.4 Å². The molecule has 1 spiro atoms. The number of anilines is 1. The maximum absolute atomic E-state index is 13.5. The molecule has 1 N–H and O–H groups in total. The van der Waals surface area contributed by atoms with Crippen LogP contribution in [0.1, 0.15) is 67.4 Å². The molecule has 2 aromatic rings. The van der Waals surface area contributed by atoms with Crippen molar-refractivity contribution in [2.45, 2.75) is 63.0 Å². The Balaban J connectivity index is 1.28. The predicted molar refractivity (Wildman–Crippen MR) is 186 cm³/mol. The van der Waals surface area contributed by atoms with Crippen molar-refractivity contribution >= 4 is 33.2 Å². The fourth-order valence-electron chi connectivity index (χ4n) is 8.59. The fraction of sp³-hybridized carbons (Fsp3) is 0.595. The van der Waals surface area contributed by atoms with E-state index in [0.717, 1.165) is 88.1 Å². The summed E-state index contributed by atoms with van der Waals surface area (Å²) >= 11 is 6.46. The average Bonchev–Trinajstić information content (AvgIpc) is 3.19. The van der Waals surface area contributed by atoms with E-state index in [0.29, 0.717) is 36.3 Å². The minimum absolute atomic E-state index is 0.147. The minimum atomic E-state index is -3.89. The van der Waals surface area contributed by atoms with Crippen LogP contribution in [0.4, 0.5) is 5.69 Å². The summed E-state index contributed by atoms with van der Waals surface area (Å²) in [4.78, 5) is 18.5. The molecule has 10 heteroatoms. The summed E-state index contributed by atoms with van der Waals surface area (Å²) in [5, 5.41) is 0.0353. The van der Waals surface area contributed by atoms with Crippen LogP contribution < -0.4 is 14.4 Å². The Morgan fingerprint density at radius 2 is 1.91 bits per heavy atom. The van der Waals surface area contributed by atoms with E-state index in [-0.39, 0.29) is 11.3 Å². The summed E-state index contributed by atoms with van der Waals surface area (Å²) < 4.78 is 41.5. The third kappa shape index (κ3) is 6.70. The Kier molecular flexibility index (Phi) is 9.37. The van der Waals surface area contributed by atoms with Gasteiger partial charge in [-0.2, -0.15) is 0 Å². The summed E-state index contributed by atoms with van der Waals surface area (Å²) in [5.74, 6) is 1.38. The van der Waals surface area contributed by atoms with Gasteiger partial charge < -0.3 is 14.4 Å². The second kappa shape index (κ2) is 13.4. The number of nitrogens with zero attached hydrogens (tertiary/aromatic N) is 2. The molecule has 3 heterocycles. The van der Waals surface area contributed by atoms with Crippen molar-refractivity contribution in [3.63, 3.8) is 0 Å². The number of morpholine rings is 1. The molecule has 0 radical (unpaired) electrons. The molecule has 8 nitrogen and oxygen atoms in total. The molecular formula is C37H48ClN3O5S. The predicted octanol–water partition coefficient (Wildman–Crippen LogP) is 5.83. The smallest absolute Gasteiger partial charge is 0.264 e. The van der Waals surface area contributed by atoms with Crippen molar-refractivity contribution in [1.29, 1.82) is 0 Å². The zero-order chi connectivity index (χ0) is 32.8. The average molecular weight is 682 g/mol. The van der Waals surface area contributed by atoms with Gasteiger partial charge in [-0.25, -0.2) is 13.1 Å². The van der Waals surface area contributed by atoms with Gasteiger partial charge in [0.05, 0.1) is 30.8 Å². The van der Waals surface area contributed by atoms with Crippen molar-refractivity contribution in [1.82, 2.24) is 9.62 Å². The number of hydrogen-bond acceptors (Lipinski definition) is 7. The topological polar surface area (TPSA) is 88.2 Å². The summed E-state index contributed by atoms with van der Waals surface area (Å²) in [5.41, 5.74) is 3.57. The number of sulfonamides is 1. The summed E-state index contributed by atoms with van der Waals surface area (Å²) in [6.45, 7) is 10.2. The lowest BCUT2D eigenvalue weighted by Gasteiger charge is -2.47. The second-order valence-electron chi connectivity index (χ2n) is 14.7. The normalized spacial score (nSPS) is 33.4. The number of aryl methyl sites for hydroxylation is 1. The number of ether oxygens (including phenoxy) is 2. The molecule has 2 fully saturated rings. The zero-order valence-electron chi connectivity index (χ0n) is 27.6. The molecular weight excluding hydrogens is 634 g/mol. The van der Waals surface area contributed by atoms with E-state index in [2.05, 4.69) is 38.8 Å². The monoisotopic (exact) mass is 681 g/mol. The van der Waals surface area contributed by atoms with Gasteiger partial charge in [0.1, 0.15) is 5.75 Å². The summed E-state index contributed by atoms with van der Waals surface area (Å²) in [6, 6.07) is 11.7. The molecule has 6 atom stereocenters. The van der Waals surface area contributed by atoms with Gasteiger partial charge in [0.25, 0.3) is 5.91 Å². The number of halogens is 1. The van der Waals surface area contributed by atoms with E-state index in [1.165, 1.54) is 17.5 Å². The lowest BCUT2D eigenvalue weighted by Crippen LogP contribution is -2.50. The molecule has 2 aromatic carbocycles. The third-order valence-electron chi connectivity index (χ3n) is 11.8. The number of carbonyl (C=O) groups excluding carboxylic acids is 1. The molecule has 1 saturated carbocycles. The first-order valence-electron chi connectivity index (χ1n) is 17.5. The van der Waals surface area contributed by atoms with Crippen LogP contribution in [0.2, 0.25) is 5.02 Å². The summed E-state index contributed by atoms with van der Waals surface area (Å²) in [6.07, 6.45) is 10.6. The zero-order valence-corrected chi connectivity index (χ0v) is 29.2. The van der Waals surface area contributed by atoms with Gasteiger partial charge >= 0.3 is 0 Å². The van der Waals surface area contributed by atoms with Crippen LogP contribution >= 0.6 is 11.6 Å². The molecule has 0 aromatic heterocycles. The number of nitrogens with one attached hydrogen (secondary N) is 1. The van der Waals surface area contributed by atoms with Gasteiger partial charge in [-0.1, -0.05) is 36.7 Å². The second-order valence-corrected chi connectivity index (χ2v) is 17.2. The van der Waals surface area contributed by atoms with Gasteiger partial charge in [-0.15, -0.1) is 0 Å². The van der Waals surface area contributed by atoms with Crippen LogP contribution in [0.5, 0.6) is 5.75 Å². The Morgan fingerprint density at radius 1 is 1.09 bits per heavy atom. The van der Waals surface area contributed by atoms with E-state index in [9.17, 15) is 13.2 Å². The van der Waals surface area contributed by atoms with Gasteiger partial charge in [0.2, 0.25) is 10.0 Å². The molecule has 47 heavy (non-hydrogen) atoms. The summed E-state index contributed by atoms with van der Waals surface area (Å²) in [7, 11) is -3.89. The molecule has 7 rings (SSSR count). The Labute approximate surface area is 284 Å². The van der Waals surface area contributed by atoms with E-state index in [4.69, 9.17) is 21.1 Å². The largest absolute Gasteiger partial charge is 0.490 e. The number of benzene rings is 2. The van der Waals surface area contributed by atoms with Crippen LogP contribution in [0.25, 0.3) is 0 Å². The molecule has 1 amide bonds. The van der Waals surface area contributed by atoms with Crippen LogP contribution in [0, 0.1) is 23.7 Å². The van der Waals surface area contributed by atoms with Crippen LogP contribution in [0.3, 0.4) is 0 Å². The Morgan fingerprint density at radius 3 is 2.70 bits per heavy atom. The maximum Gasteiger partial charge on any atom is 0.264 e. The van der Waals surface area contributed by atoms with Crippen LogP contribution in [-0.2, 0) is 26.6 Å². The number of fused-ring (bicyclic) bond motifs is 4. The van der Waals surface area contributed by atoms with Gasteiger partial charge in [-0.05, 0) is 111 Å².